The van der Waals surface area contributed by atoms with Crippen LogP contribution in [-0.4, -0.2) is 50.8 Å². The van der Waals surface area contributed by atoms with Crippen molar-refractivity contribution < 1.29 is 14.1 Å². The zero-order valence-corrected chi connectivity index (χ0v) is 17.7. The number of hydrogen-bond acceptors (Lipinski definition) is 6. The van der Waals surface area contributed by atoms with Crippen molar-refractivity contribution in [1.29, 1.82) is 0 Å². The van der Waals surface area contributed by atoms with Crippen molar-refractivity contribution in [3.63, 3.8) is 0 Å². The fourth-order valence-corrected chi connectivity index (χ4v) is 4.74. The van der Waals surface area contributed by atoms with E-state index in [4.69, 9.17) is 14.2 Å². The number of nitrogens with zero attached hydrogens (tertiary/aromatic N) is 4. The van der Waals surface area contributed by atoms with Crippen LogP contribution in [0.2, 0.25) is 0 Å². The van der Waals surface area contributed by atoms with Crippen LogP contribution in [0.3, 0.4) is 0 Å². The minimum absolute atomic E-state index is 0.0252. The van der Waals surface area contributed by atoms with Crippen LogP contribution in [0.25, 0.3) is 5.65 Å². The van der Waals surface area contributed by atoms with Crippen molar-refractivity contribution in [3.05, 3.63) is 45.2 Å². The Balaban J connectivity index is 1.29. The van der Waals surface area contributed by atoms with Gasteiger partial charge < -0.3 is 14.2 Å². The highest BCUT2D eigenvalue weighted by Gasteiger charge is 2.27. The Bertz CT molecular complexity index is 1160. The molecule has 0 bridgehead atoms. The third-order valence-corrected chi connectivity index (χ3v) is 6.45. The maximum absolute atomic E-state index is 12.9. The Morgan fingerprint density at radius 1 is 1.29 bits per heavy atom. The van der Waals surface area contributed by atoms with E-state index in [0.29, 0.717) is 36.7 Å². The molecule has 0 spiro atoms. The van der Waals surface area contributed by atoms with Crippen LogP contribution >= 0.6 is 0 Å². The summed E-state index contributed by atoms with van der Waals surface area (Å²) in [6, 6.07) is 3.69. The highest BCUT2D eigenvalue weighted by Crippen LogP contribution is 2.27. The van der Waals surface area contributed by atoms with Crippen molar-refractivity contribution >= 4 is 11.6 Å². The molecule has 1 aliphatic carbocycles. The molecule has 5 rings (SSSR count). The van der Waals surface area contributed by atoms with Gasteiger partial charge in [0.05, 0.1) is 12.8 Å². The molecule has 1 saturated heterocycles. The van der Waals surface area contributed by atoms with E-state index in [1.165, 1.54) is 7.11 Å². The summed E-state index contributed by atoms with van der Waals surface area (Å²) in [7, 11) is 1.53. The Kier molecular flexibility index (Phi) is 5.25. The van der Waals surface area contributed by atoms with Crippen molar-refractivity contribution in [1.82, 2.24) is 24.7 Å². The molecule has 4 heterocycles. The summed E-state index contributed by atoms with van der Waals surface area (Å²) in [5.41, 5.74) is 3.48. The first-order valence-corrected chi connectivity index (χ1v) is 11.0. The van der Waals surface area contributed by atoms with Gasteiger partial charge in [-0.1, -0.05) is 0 Å². The van der Waals surface area contributed by atoms with Crippen molar-refractivity contribution in [2.45, 2.75) is 57.3 Å². The van der Waals surface area contributed by atoms with Gasteiger partial charge in [0.2, 0.25) is 5.91 Å². The third-order valence-electron chi connectivity index (χ3n) is 6.45. The second kappa shape index (κ2) is 8.20. The highest BCUT2D eigenvalue weighted by molar-refractivity contribution is 5.76. The molecule has 1 N–H and O–H groups in total. The van der Waals surface area contributed by atoms with Gasteiger partial charge in [-0.05, 0) is 43.7 Å². The highest BCUT2D eigenvalue weighted by atomic mass is 16.5. The van der Waals surface area contributed by atoms with Crippen LogP contribution in [-0.2, 0) is 24.1 Å². The van der Waals surface area contributed by atoms with Crippen LogP contribution in [0.15, 0.2) is 21.5 Å². The Labute approximate surface area is 179 Å². The molecule has 0 radical (unpaired) electrons. The first-order valence-electron chi connectivity index (χ1n) is 11.0. The quantitative estimate of drug-likeness (QED) is 0.672. The molecule has 1 aliphatic heterocycles. The molecule has 3 aromatic heterocycles. The third kappa shape index (κ3) is 3.84. The topological polar surface area (TPSA) is 106 Å². The molecule has 9 nitrogen and oxygen atoms in total. The molecule has 1 amide bonds. The molecule has 0 aromatic carbocycles. The van der Waals surface area contributed by atoms with Gasteiger partial charge in [0.25, 0.3) is 11.4 Å². The number of H-pyrrole nitrogens is 1. The maximum atomic E-state index is 12.9. The predicted octanol–water partition coefficient (Wildman–Crippen LogP) is 2.24. The monoisotopic (exact) mass is 425 g/mol. The number of aryl methyl sites for hydroxylation is 2. The first-order chi connectivity index (χ1) is 15.1. The van der Waals surface area contributed by atoms with Crippen LogP contribution in [0.5, 0.6) is 5.88 Å². The normalized spacial score (nSPS) is 18.9. The second-order valence-electron chi connectivity index (χ2n) is 8.47. The number of fused-ring (bicyclic) bond motifs is 2. The van der Waals surface area contributed by atoms with Crippen LogP contribution in [0, 0.1) is 0 Å². The SMILES string of the molecule is COc1cc(CCC(=O)N2CCCC(c3cc4nc5c(c(=O)n4[nH]3)CCCC5)C2)on1. The van der Waals surface area contributed by atoms with Crippen LogP contribution in [0.1, 0.15) is 60.7 Å². The number of hydrogen-bond donors (Lipinski definition) is 1. The molecular formula is C22H27N5O4. The Hall–Kier alpha value is -3.10. The number of nitrogens with one attached hydrogen (secondary N) is 1. The molecule has 31 heavy (non-hydrogen) atoms. The molecule has 2 aliphatic rings. The lowest BCUT2D eigenvalue weighted by atomic mass is 9.94. The van der Waals surface area contributed by atoms with Gasteiger partial charge in [-0.25, -0.2) is 9.50 Å². The molecule has 1 fully saturated rings. The van der Waals surface area contributed by atoms with Gasteiger partial charge >= 0.3 is 0 Å². The van der Waals surface area contributed by atoms with Crippen molar-refractivity contribution in [2.24, 2.45) is 0 Å². The average molecular weight is 425 g/mol. The van der Waals surface area contributed by atoms with Gasteiger partial charge in [-0.15, -0.1) is 0 Å². The van der Waals surface area contributed by atoms with E-state index >= 15 is 0 Å². The average Bonchev–Trinajstić information content (AvgIpc) is 3.45. The lowest BCUT2D eigenvalue weighted by molar-refractivity contribution is -0.132. The van der Waals surface area contributed by atoms with E-state index in [1.807, 2.05) is 11.0 Å². The minimum atomic E-state index is 0.0252. The van der Waals surface area contributed by atoms with Crippen molar-refractivity contribution in [2.75, 3.05) is 20.2 Å². The molecule has 0 saturated carbocycles. The summed E-state index contributed by atoms with van der Waals surface area (Å²) in [4.78, 5) is 32.3. The van der Waals surface area contributed by atoms with Gasteiger partial charge in [0, 0.05) is 55.2 Å². The molecular weight excluding hydrogens is 398 g/mol. The van der Waals surface area contributed by atoms with E-state index in [9.17, 15) is 9.59 Å². The largest absolute Gasteiger partial charge is 0.479 e. The molecule has 9 heteroatoms. The van der Waals surface area contributed by atoms with Gasteiger partial charge in [0.1, 0.15) is 5.76 Å². The number of aromatic amines is 1. The summed E-state index contributed by atoms with van der Waals surface area (Å²) in [5, 5.41) is 7.05. The zero-order valence-electron chi connectivity index (χ0n) is 17.7. The number of ether oxygens (including phenoxy) is 1. The van der Waals surface area contributed by atoms with Gasteiger partial charge in [0.15, 0.2) is 5.65 Å². The summed E-state index contributed by atoms with van der Waals surface area (Å²) in [5.74, 6) is 1.33. The summed E-state index contributed by atoms with van der Waals surface area (Å²) < 4.78 is 11.8. The molecule has 1 unspecified atom stereocenters. The smallest absolute Gasteiger partial charge is 0.276 e. The second-order valence-corrected chi connectivity index (χ2v) is 8.47. The fraction of sp³-hybridized carbons (Fsp3) is 0.545. The maximum Gasteiger partial charge on any atom is 0.276 e. The minimum Gasteiger partial charge on any atom is -0.479 e. The summed E-state index contributed by atoms with van der Waals surface area (Å²) in [6.07, 6.45) is 6.59. The molecule has 1 atom stereocenters. The number of carbonyl (C=O) groups is 1. The lowest BCUT2D eigenvalue weighted by Gasteiger charge is -2.32. The van der Waals surface area contributed by atoms with Gasteiger partial charge in [-0.2, -0.15) is 0 Å². The van der Waals surface area contributed by atoms with E-state index < -0.39 is 0 Å². The Morgan fingerprint density at radius 2 is 2.16 bits per heavy atom. The number of aromatic nitrogens is 4. The van der Waals surface area contributed by atoms with Crippen molar-refractivity contribution in [3.8, 4) is 5.88 Å². The predicted molar refractivity (Wildman–Crippen MR) is 112 cm³/mol. The number of likely N-dealkylation sites (tertiary alicyclic amines) is 1. The Morgan fingerprint density at radius 3 is 3.00 bits per heavy atom. The molecule has 3 aromatic rings. The number of amides is 1. The van der Waals surface area contributed by atoms with Gasteiger partial charge in [-0.3, -0.25) is 14.7 Å². The molecule has 164 valence electrons. The number of piperidine rings is 1. The number of carbonyl (C=O) groups excluding carboxylic acids is 1. The van der Waals surface area contributed by atoms with Crippen LogP contribution < -0.4 is 10.3 Å². The summed E-state index contributed by atoms with van der Waals surface area (Å²) >= 11 is 0. The lowest BCUT2D eigenvalue weighted by Crippen LogP contribution is -2.39. The zero-order chi connectivity index (χ0) is 21.4. The number of methoxy groups -OCH3 is 1. The van der Waals surface area contributed by atoms with E-state index in [-0.39, 0.29) is 17.4 Å². The van der Waals surface area contributed by atoms with E-state index in [0.717, 1.165) is 62.0 Å². The van der Waals surface area contributed by atoms with E-state index in [2.05, 4.69) is 10.3 Å². The van der Waals surface area contributed by atoms with Crippen LogP contribution in [0.4, 0.5) is 0 Å². The fourth-order valence-electron chi connectivity index (χ4n) is 4.74. The standard InChI is InChI=1S/C22H27N5O4/c1-30-20-11-15(31-25-20)8-9-21(28)26-10-4-5-14(13-26)18-12-19-23-17-7-3-2-6-16(17)22(29)27(19)24-18/h11-12,14,24H,2-10,13H2,1H3. The summed E-state index contributed by atoms with van der Waals surface area (Å²) in [6.45, 7) is 1.39. The number of rotatable bonds is 5. The first kappa shape index (κ1) is 19.8. The van der Waals surface area contributed by atoms with E-state index in [1.54, 1.807) is 10.6 Å².